The fourth-order valence-corrected chi connectivity index (χ4v) is 1.98. The van der Waals surface area contributed by atoms with Gasteiger partial charge in [0.15, 0.2) is 0 Å². The molecule has 0 aromatic carbocycles. The largest absolute Gasteiger partial charge is 0.474 e. The summed E-state index contributed by atoms with van der Waals surface area (Å²) in [4.78, 5) is 7.71. The monoisotopic (exact) mass is 239 g/mol. The Morgan fingerprint density at radius 1 is 1.47 bits per heavy atom. The van der Waals surface area contributed by atoms with E-state index in [1.54, 1.807) is 0 Å². The summed E-state index contributed by atoms with van der Waals surface area (Å²) in [7, 11) is 0. The third kappa shape index (κ3) is 3.12. The van der Waals surface area contributed by atoms with Gasteiger partial charge < -0.3 is 10.1 Å². The van der Waals surface area contributed by atoms with Crippen LogP contribution >= 0.6 is 0 Å². The molecule has 4 nitrogen and oxygen atoms in total. The Labute approximate surface area is 101 Å². The predicted octanol–water partition coefficient (Wildman–Crippen LogP) is 1.70. The Kier molecular flexibility index (Phi) is 4.25. The van der Waals surface area contributed by atoms with Crippen LogP contribution in [0.1, 0.15) is 31.9 Å². The standard InChI is InChI=1S/C12H18FN3O/c1-2-10-11(13)12(16-8-15-10)17-7-9-5-3-4-6-14-9/h8-9,14H,2-7H2,1H3. The van der Waals surface area contributed by atoms with Crippen LogP contribution in [0, 0.1) is 5.82 Å². The zero-order valence-corrected chi connectivity index (χ0v) is 10.1. The number of aryl methyl sites for hydroxylation is 1. The highest BCUT2D eigenvalue weighted by molar-refractivity contribution is 5.17. The first-order chi connectivity index (χ1) is 8.31. The van der Waals surface area contributed by atoms with Crippen LogP contribution in [0.15, 0.2) is 6.33 Å². The van der Waals surface area contributed by atoms with Gasteiger partial charge in [-0.3, -0.25) is 0 Å². The third-order valence-electron chi connectivity index (χ3n) is 3.00. The number of hydrogen-bond donors (Lipinski definition) is 1. The van der Waals surface area contributed by atoms with E-state index in [1.807, 2.05) is 6.92 Å². The molecule has 1 aliphatic rings. The Balaban J connectivity index is 1.93. The fraction of sp³-hybridized carbons (Fsp3) is 0.667. The maximum atomic E-state index is 13.8. The van der Waals surface area contributed by atoms with E-state index in [0.29, 0.717) is 24.8 Å². The molecule has 1 saturated heterocycles. The van der Waals surface area contributed by atoms with Crippen LogP contribution in [-0.4, -0.2) is 29.2 Å². The van der Waals surface area contributed by atoms with Gasteiger partial charge in [0, 0.05) is 6.04 Å². The molecule has 1 N–H and O–H groups in total. The van der Waals surface area contributed by atoms with Gasteiger partial charge in [0.05, 0.1) is 5.69 Å². The second-order valence-electron chi connectivity index (χ2n) is 4.25. The molecule has 1 aliphatic heterocycles. The van der Waals surface area contributed by atoms with Crippen molar-refractivity contribution in [2.24, 2.45) is 0 Å². The van der Waals surface area contributed by atoms with Crippen LogP contribution in [0.5, 0.6) is 5.88 Å². The summed E-state index contributed by atoms with van der Waals surface area (Å²) in [5, 5.41) is 3.35. The number of rotatable bonds is 4. The first kappa shape index (κ1) is 12.2. The first-order valence-corrected chi connectivity index (χ1v) is 6.16. The van der Waals surface area contributed by atoms with Gasteiger partial charge in [-0.1, -0.05) is 13.3 Å². The summed E-state index contributed by atoms with van der Waals surface area (Å²) >= 11 is 0. The van der Waals surface area contributed by atoms with Crippen LogP contribution in [0.4, 0.5) is 4.39 Å². The number of hydrogen-bond acceptors (Lipinski definition) is 4. The maximum Gasteiger partial charge on any atom is 0.253 e. The van der Waals surface area contributed by atoms with E-state index in [4.69, 9.17) is 4.74 Å². The third-order valence-corrected chi connectivity index (χ3v) is 3.00. The van der Waals surface area contributed by atoms with Crippen LogP contribution in [0.25, 0.3) is 0 Å². The van der Waals surface area contributed by atoms with Crippen LogP contribution < -0.4 is 10.1 Å². The van der Waals surface area contributed by atoms with E-state index in [9.17, 15) is 4.39 Å². The Hall–Kier alpha value is -1.23. The van der Waals surface area contributed by atoms with Crippen molar-refractivity contribution in [3.63, 3.8) is 0 Å². The number of aromatic nitrogens is 2. The molecule has 0 bridgehead atoms. The zero-order chi connectivity index (χ0) is 12.1. The van der Waals surface area contributed by atoms with E-state index >= 15 is 0 Å². The van der Waals surface area contributed by atoms with E-state index in [2.05, 4.69) is 15.3 Å². The Morgan fingerprint density at radius 2 is 2.35 bits per heavy atom. The predicted molar refractivity (Wildman–Crippen MR) is 62.5 cm³/mol. The Morgan fingerprint density at radius 3 is 3.06 bits per heavy atom. The zero-order valence-electron chi connectivity index (χ0n) is 10.1. The number of halogens is 1. The molecule has 2 heterocycles. The SMILES string of the molecule is CCc1ncnc(OCC2CCCCN2)c1F. The number of ether oxygens (including phenoxy) is 1. The smallest absolute Gasteiger partial charge is 0.253 e. The summed E-state index contributed by atoms with van der Waals surface area (Å²) in [6.45, 7) is 3.34. The van der Waals surface area contributed by atoms with E-state index in [0.717, 1.165) is 13.0 Å². The van der Waals surface area contributed by atoms with Gasteiger partial charge in [-0.2, -0.15) is 9.37 Å². The van der Waals surface area contributed by atoms with Crippen molar-refractivity contribution >= 4 is 0 Å². The molecule has 1 aromatic heterocycles. The number of nitrogens with zero attached hydrogens (tertiary/aromatic N) is 2. The molecule has 0 amide bonds. The van der Waals surface area contributed by atoms with Gasteiger partial charge >= 0.3 is 0 Å². The molecular formula is C12H18FN3O. The summed E-state index contributed by atoms with van der Waals surface area (Å²) in [6.07, 6.45) is 5.39. The lowest BCUT2D eigenvalue weighted by Crippen LogP contribution is -2.38. The molecule has 17 heavy (non-hydrogen) atoms. The fourth-order valence-electron chi connectivity index (χ4n) is 1.98. The lowest BCUT2D eigenvalue weighted by atomic mass is 10.1. The Bertz CT molecular complexity index is 367. The summed E-state index contributed by atoms with van der Waals surface area (Å²) in [5.41, 5.74) is 0.409. The lowest BCUT2D eigenvalue weighted by Gasteiger charge is -2.23. The second kappa shape index (κ2) is 5.91. The molecule has 1 unspecified atom stereocenters. The molecule has 1 aromatic rings. The summed E-state index contributed by atoms with van der Waals surface area (Å²) < 4.78 is 19.2. The lowest BCUT2D eigenvalue weighted by molar-refractivity contribution is 0.222. The van der Waals surface area contributed by atoms with E-state index in [-0.39, 0.29) is 5.88 Å². The van der Waals surface area contributed by atoms with Gasteiger partial charge in [0.25, 0.3) is 5.88 Å². The molecule has 0 aliphatic carbocycles. The number of nitrogens with one attached hydrogen (secondary N) is 1. The van der Waals surface area contributed by atoms with Crippen molar-refractivity contribution in [2.45, 2.75) is 38.6 Å². The van der Waals surface area contributed by atoms with Crippen molar-refractivity contribution in [3.8, 4) is 5.88 Å². The molecule has 0 radical (unpaired) electrons. The second-order valence-corrected chi connectivity index (χ2v) is 4.25. The topological polar surface area (TPSA) is 47.0 Å². The normalized spacial score (nSPS) is 20.2. The molecule has 0 spiro atoms. The minimum atomic E-state index is -0.425. The quantitative estimate of drug-likeness (QED) is 0.868. The minimum Gasteiger partial charge on any atom is -0.474 e. The first-order valence-electron chi connectivity index (χ1n) is 6.16. The van der Waals surface area contributed by atoms with Gasteiger partial charge in [0.2, 0.25) is 5.82 Å². The average Bonchev–Trinajstić information content (AvgIpc) is 2.39. The van der Waals surface area contributed by atoms with Crippen LogP contribution in [-0.2, 0) is 6.42 Å². The number of piperidine rings is 1. The molecule has 0 saturated carbocycles. The molecule has 5 heteroatoms. The van der Waals surface area contributed by atoms with Gasteiger partial charge in [-0.25, -0.2) is 4.98 Å². The highest BCUT2D eigenvalue weighted by Crippen LogP contribution is 2.16. The average molecular weight is 239 g/mol. The van der Waals surface area contributed by atoms with Crippen molar-refractivity contribution < 1.29 is 9.13 Å². The molecule has 94 valence electrons. The van der Waals surface area contributed by atoms with Crippen molar-refractivity contribution in [2.75, 3.05) is 13.2 Å². The highest BCUT2D eigenvalue weighted by atomic mass is 19.1. The summed E-state index contributed by atoms with van der Waals surface area (Å²) in [5.74, 6) is -0.352. The van der Waals surface area contributed by atoms with Crippen LogP contribution in [0.2, 0.25) is 0 Å². The minimum absolute atomic E-state index is 0.0734. The molecule has 1 fully saturated rings. The van der Waals surface area contributed by atoms with Gasteiger partial charge in [0.1, 0.15) is 12.9 Å². The molecule has 1 atom stereocenters. The van der Waals surface area contributed by atoms with Crippen LogP contribution in [0.3, 0.4) is 0 Å². The van der Waals surface area contributed by atoms with Gasteiger partial charge in [-0.15, -0.1) is 0 Å². The van der Waals surface area contributed by atoms with Crippen molar-refractivity contribution in [1.29, 1.82) is 0 Å². The van der Waals surface area contributed by atoms with Crippen molar-refractivity contribution in [3.05, 3.63) is 17.8 Å². The van der Waals surface area contributed by atoms with Crippen molar-refractivity contribution in [1.82, 2.24) is 15.3 Å². The van der Waals surface area contributed by atoms with E-state index in [1.165, 1.54) is 19.2 Å². The molecule has 2 rings (SSSR count). The van der Waals surface area contributed by atoms with Gasteiger partial charge in [-0.05, 0) is 25.8 Å². The maximum absolute atomic E-state index is 13.8. The summed E-state index contributed by atoms with van der Waals surface area (Å²) in [6, 6.07) is 0.309. The van der Waals surface area contributed by atoms with E-state index < -0.39 is 5.82 Å². The molecular weight excluding hydrogens is 221 g/mol. The highest BCUT2D eigenvalue weighted by Gasteiger charge is 2.16.